The highest BCUT2D eigenvalue weighted by atomic mass is 15.2. The summed E-state index contributed by atoms with van der Waals surface area (Å²) in [6, 6.07) is 19.2. The molecule has 0 N–H and O–H groups in total. The first kappa shape index (κ1) is 11.8. The minimum atomic E-state index is 0.535. The number of nitriles is 1. The van der Waals surface area contributed by atoms with Crippen molar-refractivity contribution in [3.05, 3.63) is 65.2 Å². The van der Waals surface area contributed by atoms with Gasteiger partial charge < -0.3 is 4.90 Å². The van der Waals surface area contributed by atoms with Crippen molar-refractivity contribution < 1.29 is 0 Å². The molecule has 2 heteroatoms. The molecule has 1 aliphatic heterocycles. The van der Waals surface area contributed by atoms with Crippen LogP contribution in [0.15, 0.2) is 48.5 Å². The van der Waals surface area contributed by atoms with Gasteiger partial charge in [0.2, 0.25) is 0 Å². The Kier molecular flexibility index (Phi) is 2.97. The van der Waals surface area contributed by atoms with Gasteiger partial charge in [0.1, 0.15) is 0 Å². The summed E-state index contributed by atoms with van der Waals surface area (Å²) in [6.45, 7) is 3.17. The third-order valence-electron chi connectivity index (χ3n) is 3.78. The molecule has 0 saturated carbocycles. The zero-order chi connectivity index (χ0) is 13.2. The zero-order valence-electron chi connectivity index (χ0n) is 11.0. The van der Waals surface area contributed by atoms with Crippen molar-refractivity contribution in [2.24, 2.45) is 0 Å². The number of fused-ring (bicyclic) bond motifs is 1. The molecule has 1 heterocycles. The van der Waals surface area contributed by atoms with Crippen LogP contribution < -0.4 is 4.90 Å². The van der Waals surface area contributed by atoms with Crippen LogP contribution in [0, 0.1) is 11.3 Å². The van der Waals surface area contributed by atoms with Gasteiger partial charge in [-0.15, -0.1) is 0 Å². The summed E-state index contributed by atoms with van der Waals surface area (Å²) in [5.74, 6) is 0. The van der Waals surface area contributed by atoms with Gasteiger partial charge in [0.05, 0.1) is 11.6 Å². The fourth-order valence-corrected chi connectivity index (χ4v) is 2.75. The van der Waals surface area contributed by atoms with E-state index in [-0.39, 0.29) is 0 Å². The number of nitrogens with zero attached hydrogens (tertiary/aromatic N) is 2. The number of anilines is 1. The van der Waals surface area contributed by atoms with E-state index in [1.807, 2.05) is 24.3 Å². The van der Waals surface area contributed by atoms with Crippen LogP contribution in [-0.4, -0.2) is 6.04 Å². The van der Waals surface area contributed by atoms with Crippen LogP contribution in [0.4, 0.5) is 5.69 Å². The van der Waals surface area contributed by atoms with Gasteiger partial charge in [0.25, 0.3) is 0 Å². The third-order valence-corrected chi connectivity index (χ3v) is 3.78. The van der Waals surface area contributed by atoms with E-state index in [9.17, 15) is 0 Å². The second kappa shape index (κ2) is 4.78. The van der Waals surface area contributed by atoms with Crippen LogP contribution in [0.3, 0.4) is 0 Å². The second-order valence-electron chi connectivity index (χ2n) is 5.12. The largest absolute Gasteiger partial charge is 0.364 e. The maximum Gasteiger partial charge on any atom is 0.0991 e. The van der Waals surface area contributed by atoms with Crippen molar-refractivity contribution in [3.8, 4) is 6.07 Å². The maximum absolute atomic E-state index is 8.82. The lowest BCUT2D eigenvalue weighted by atomic mass is 10.1. The van der Waals surface area contributed by atoms with Gasteiger partial charge in [-0.05, 0) is 42.7 Å². The SMILES string of the molecule is CC1Cc2ccccc2N1Cc1ccc(C#N)cc1. The number of hydrogen-bond donors (Lipinski definition) is 0. The Bertz CT molecular complexity index is 622. The van der Waals surface area contributed by atoms with Gasteiger partial charge in [-0.3, -0.25) is 0 Å². The highest BCUT2D eigenvalue weighted by molar-refractivity contribution is 5.59. The van der Waals surface area contributed by atoms with Crippen LogP contribution in [-0.2, 0) is 13.0 Å². The topological polar surface area (TPSA) is 27.0 Å². The highest BCUT2D eigenvalue weighted by Crippen LogP contribution is 2.32. The molecule has 1 unspecified atom stereocenters. The molecule has 94 valence electrons. The fourth-order valence-electron chi connectivity index (χ4n) is 2.75. The van der Waals surface area contributed by atoms with Crippen LogP contribution >= 0.6 is 0 Å². The van der Waals surface area contributed by atoms with Crippen LogP contribution in [0.25, 0.3) is 0 Å². The summed E-state index contributed by atoms with van der Waals surface area (Å²) in [4.78, 5) is 2.44. The molecule has 1 aliphatic rings. The predicted molar refractivity (Wildman–Crippen MR) is 76.9 cm³/mol. The van der Waals surface area contributed by atoms with E-state index in [4.69, 9.17) is 5.26 Å². The molecule has 1 atom stereocenters. The molecule has 2 aromatic carbocycles. The van der Waals surface area contributed by atoms with Crippen LogP contribution in [0.5, 0.6) is 0 Å². The Balaban J connectivity index is 1.85. The molecule has 0 aromatic heterocycles. The van der Waals surface area contributed by atoms with Crippen molar-refractivity contribution in [3.63, 3.8) is 0 Å². The lowest BCUT2D eigenvalue weighted by Crippen LogP contribution is -2.28. The minimum absolute atomic E-state index is 0.535. The molecule has 2 nitrogen and oxygen atoms in total. The molecule has 0 spiro atoms. The molecule has 2 aromatic rings. The van der Waals surface area contributed by atoms with Gasteiger partial charge in [-0.1, -0.05) is 30.3 Å². The van der Waals surface area contributed by atoms with Crippen molar-refractivity contribution in [1.29, 1.82) is 5.26 Å². The summed E-state index contributed by atoms with van der Waals surface area (Å²) in [7, 11) is 0. The summed E-state index contributed by atoms with van der Waals surface area (Å²) in [5.41, 5.74) is 4.75. The van der Waals surface area contributed by atoms with Gasteiger partial charge >= 0.3 is 0 Å². The Labute approximate surface area is 113 Å². The van der Waals surface area contributed by atoms with Crippen molar-refractivity contribution in [1.82, 2.24) is 0 Å². The normalized spacial score (nSPS) is 17.1. The van der Waals surface area contributed by atoms with Gasteiger partial charge in [0.15, 0.2) is 0 Å². The summed E-state index contributed by atoms with van der Waals surface area (Å²) in [5, 5.41) is 8.82. The Morgan fingerprint density at radius 2 is 1.89 bits per heavy atom. The van der Waals surface area contributed by atoms with Crippen molar-refractivity contribution in [2.75, 3.05) is 4.90 Å². The van der Waals surface area contributed by atoms with E-state index in [0.717, 1.165) is 18.5 Å². The predicted octanol–water partition coefficient (Wildman–Crippen LogP) is 3.51. The maximum atomic E-state index is 8.82. The average Bonchev–Trinajstić information content (AvgIpc) is 2.76. The molecule has 3 rings (SSSR count). The molecule has 0 radical (unpaired) electrons. The number of benzene rings is 2. The molecule has 19 heavy (non-hydrogen) atoms. The monoisotopic (exact) mass is 248 g/mol. The molecular formula is C17H16N2. The molecular weight excluding hydrogens is 232 g/mol. The Morgan fingerprint density at radius 3 is 2.63 bits per heavy atom. The van der Waals surface area contributed by atoms with E-state index in [1.54, 1.807) is 0 Å². The standard InChI is InChI=1S/C17H16N2/c1-13-10-16-4-2-3-5-17(16)19(13)12-15-8-6-14(11-18)7-9-15/h2-9,13H,10,12H2,1H3. The average molecular weight is 248 g/mol. The van der Waals surface area contributed by atoms with E-state index in [2.05, 4.69) is 42.2 Å². The molecule has 0 fully saturated rings. The van der Waals surface area contributed by atoms with Crippen LogP contribution in [0.1, 0.15) is 23.6 Å². The van der Waals surface area contributed by atoms with Crippen molar-refractivity contribution in [2.45, 2.75) is 25.9 Å². The Hall–Kier alpha value is -2.27. The smallest absolute Gasteiger partial charge is 0.0991 e. The summed E-state index contributed by atoms with van der Waals surface area (Å²) in [6.07, 6.45) is 1.12. The number of hydrogen-bond acceptors (Lipinski definition) is 2. The highest BCUT2D eigenvalue weighted by Gasteiger charge is 2.25. The number of rotatable bonds is 2. The first-order chi connectivity index (χ1) is 9.28. The second-order valence-corrected chi connectivity index (χ2v) is 5.12. The van der Waals surface area contributed by atoms with E-state index < -0.39 is 0 Å². The molecule has 0 bridgehead atoms. The molecule has 0 amide bonds. The quantitative estimate of drug-likeness (QED) is 0.813. The third kappa shape index (κ3) is 2.20. The van der Waals surface area contributed by atoms with Gasteiger partial charge in [-0.25, -0.2) is 0 Å². The zero-order valence-corrected chi connectivity index (χ0v) is 11.0. The van der Waals surface area contributed by atoms with Gasteiger partial charge in [0, 0.05) is 18.3 Å². The molecule has 0 saturated heterocycles. The molecule has 0 aliphatic carbocycles. The summed E-state index contributed by atoms with van der Waals surface area (Å²) >= 11 is 0. The van der Waals surface area contributed by atoms with E-state index in [1.165, 1.54) is 16.8 Å². The summed E-state index contributed by atoms with van der Waals surface area (Å²) < 4.78 is 0. The lowest BCUT2D eigenvalue weighted by molar-refractivity contribution is 0.672. The minimum Gasteiger partial charge on any atom is -0.364 e. The van der Waals surface area contributed by atoms with Crippen molar-refractivity contribution >= 4 is 5.69 Å². The lowest BCUT2D eigenvalue weighted by Gasteiger charge is -2.25. The van der Waals surface area contributed by atoms with Gasteiger partial charge in [-0.2, -0.15) is 5.26 Å². The van der Waals surface area contributed by atoms with E-state index in [0.29, 0.717) is 6.04 Å². The first-order valence-electron chi connectivity index (χ1n) is 6.61. The van der Waals surface area contributed by atoms with E-state index >= 15 is 0 Å². The number of para-hydroxylation sites is 1. The fraction of sp³-hybridized carbons (Fsp3) is 0.235. The first-order valence-corrected chi connectivity index (χ1v) is 6.61. The van der Waals surface area contributed by atoms with Crippen LogP contribution in [0.2, 0.25) is 0 Å². The Morgan fingerprint density at radius 1 is 1.16 bits per heavy atom.